The van der Waals surface area contributed by atoms with Gasteiger partial charge >= 0.3 is 0 Å². The van der Waals surface area contributed by atoms with Crippen molar-refractivity contribution in [1.82, 2.24) is 9.47 Å². The summed E-state index contributed by atoms with van der Waals surface area (Å²) in [5.74, 6) is 0.375. The van der Waals surface area contributed by atoms with E-state index in [-0.39, 0.29) is 0 Å². The summed E-state index contributed by atoms with van der Waals surface area (Å²) < 4.78 is 2.12. The Morgan fingerprint density at radius 3 is 2.45 bits per heavy atom. The van der Waals surface area contributed by atoms with Crippen molar-refractivity contribution < 1.29 is 5.11 Å². The van der Waals surface area contributed by atoms with Gasteiger partial charge in [-0.15, -0.1) is 0 Å². The largest absolute Gasteiger partial charge is 0.390 e. The van der Waals surface area contributed by atoms with Crippen molar-refractivity contribution >= 4 is 0 Å². The summed E-state index contributed by atoms with van der Waals surface area (Å²) in [6.45, 7) is 6.97. The molecule has 1 aliphatic rings. The fourth-order valence-electron chi connectivity index (χ4n) is 3.31. The summed E-state index contributed by atoms with van der Waals surface area (Å²) >= 11 is 0. The number of aromatic nitrogens is 1. The van der Waals surface area contributed by atoms with Crippen LogP contribution in [-0.2, 0) is 6.54 Å². The molecular formula is C19H26N2O. The summed E-state index contributed by atoms with van der Waals surface area (Å²) in [6, 6.07) is 12.8. The molecule has 0 spiro atoms. The zero-order chi connectivity index (χ0) is 15.6. The molecule has 3 nitrogen and oxygen atoms in total. The van der Waals surface area contributed by atoms with Crippen molar-refractivity contribution in [2.75, 3.05) is 13.1 Å². The molecule has 0 amide bonds. The van der Waals surface area contributed by atoms with Gasteiger partial charge in [-0.3, -0.25) is 4.90 Å². The van der Waals surface area contributed by atoms with Crippen LogP contribution in [0, 0.1) is 5.92 Å². The highest BCUT2D eigenvalue weighted by Gasteiger charge is 2.31. The Kier molecular flexibility index (Phi) is 4.37. The predicted octanol–water partition coefficient (Wildman–Crippen LogP) is 3.46. The van der Waals surface area contributed by atoms with Gasteiger partial charge in [-0.1, -0.05) is 12.1 Å². The summed E-state index contributed by atoms with van der Waals surface area (Å²) in [7, 11) is 0. The van der Waals surface area contributed by atoms with Crippen LogP contribution < -0.4 is 0 Å². The third kappa shape index (κ3) is 3.60. The molecule has 1 saturated heterocycles. The normalized spacial score (nSPS) is 20.2. The van der Waals surface area contributed by atoms with Crippen LogP contribution in [0.15, 0.2) is 48.8 Å². The summed E-state index contributed by atoms with van der Waals surface area (Å²) in [5, 5.41) is 10.2. The molecule has 3 rings (SSSR count). The molecule has 0 radical (unpaired) electrons. The molecule has 2 heterocycles. The van der Waals surface area contributed by atoms with E-state index in [1.165, 1.54) is 17.7 Å². The van der Waals surface area contributed by atoms with Gasteiger partial charge in [0.25, 0.3) is 0 Å². The monoisotopic (exact) mass is 298 g/mol. The van der Waals surface area contributed by atoms with Crippen molar-refractivity contribution in [3.05, 3.63) is 54.4 Å². The number of piperidine rings is 1. The van der Waals surface area contributed by atoms with Crippen LogP contribution in [0.4, 0.5) is 0 Å². The number of nitrogens with zero attached hydrogens (tertiary/aromatic N) is 2. The lowest BCUT2D eigenvalue weighted by molar-refractivity contribution is -0.0198. The first-order valence-electron chi connectivity index (χ1n) is 8.19. The van der Waals surface area contributed by atoms with E-state index in [1.807, 2.05) is 26.0 Å². The maximum Gasteiger partial charge on any atom is 0.0632 e. The van der Waals surface area contributed by atoms with E-state index in [2.05, 4.69) is 46.1 Å². The van der Waals surface area contributed by atoms with Gasteiger partial charge in [0.2, 0.25) is 0 Å². The molecule has 22 heavy (non-hydrogen) atoms. The quantitative estimate of drug-likeness (QED) is 0.936. The van der Waals surface area contributed by atoms with E-state index in [4.69, 9.17) is 0 Å². The van der Waals surface area contributed by atoms with Gasteiger partial charge in [0.05, 0.1) is 5.60 Å². The molecule has 1 aromatic carbocycles. The fraction of sp³-hybridized carbons (Fsp3) is 0.474. The second kappa shape index (κ2) is 6.27. The summed E-state index contributed by atoms with van der Waals surface area (Å²) in [6.07, 6.45) is 6.43. The lowest BCUT2D eigenvalue weighted by atomic mass is 9.84. The Morgan fingerprint density at radius 2 is 1.82 bits per heavy atom. The van der Waals surface area contributed by atoms with Gasteiger partial charge < -0.3 is 9.67 Å². The maximum atomic E-state index is 10.2. The van der Waals surface area contributed by atoms with Crippen LogP contribution in [0.2, 0.25) is 0 Å². The van der Waals surface area contributed by atoms with E-state index in [9.17, 15) is 5.11 Å². The van der Waals surface area contributed by atoms with Crippen LogP contribution in [0.25, 0.3) is 5.69 Å². The molecule has 1 aromatic heterocycles. The Morgan fingerprint density at radius 1 is 1.14 bits per heavy atom. The smallest absolute Gasteiger partial charge is 0.0632 e. The van der Waals surface area contributed by atoms with Gasteiger partial charge in [0.1, 0.15) is 0 Å². The Hall–Kier alpha value is -1.58. The first kappa shape index (κ1) is 15.3. The molecule has 0 aliphatic carbocycles. The molecule has 1 N–H and O–H groups in total. The third-order valence-electron chi connectivity index (χ3n) is 4.75. The molecule has 1 fully saturated rings. The Balaban J connectivity index is 1.63. The molecule has 1 atom stereocenters. The van der Waals surface area contributed by atoms with Gasteiger partial charge in [-0.25, -0.2) is 0 Å². The first-order valence-corrected chi connectivity index (χ1v) is 8.19. The van der Waals surface area contributed by atoms with Crippen LogP contribution in [0.3, 0.4) is 0 Å². The zero-order valence-electron chi connectivity index (χ0n) is 13.6. The molecular weight excluding hydrogens is 272 g/mol. The van der Waals surface area contributed by atoms with E-state index in [0.717, 1.165) is 26.1 Å². The van der Waals surface area contributed by atoms with Gasteiger partial charge in [-0.05, 0) is 69.0 Å². The molecule has 2 aromatic rings. The van der Waals surface area contributed by atoms with Crippen LogP contribution >= 0.6 is 0 Å². The average molecular weight is 298 g/mol. The van der Waals surface area contributed by atoms with Crippen LogP contribution in [-0.4, -0.2) is 33.3 Å². The highest BCUT2D eigenvalue weighted by atomic mass is 16.3. The molecule has 1 aliphatic heterocycles. The van der Waals surface area contributed by atoms with Crippen molar-refractivity contribution in [3.8, 4) is 5.69 Å². The van der Waals surface area contributed by atoms with E-state index in [0.29, 0.717) is 5.92 Å². The maximum absolute atomic E-state index is 10.2. The highest BCUT2D eigenvalue weighted by molar-refractivity contribution is 5.35. The molecule has 3 heteroatoms. The molecule has 1 unspecified atom stereocenters. The van der Waals surface area contributed by atoms with E-state index in [1.54, 1.807) is 0 Å². The number of likely N-dealkylation sites (tertiary alicyclic amines) is 1. The SMILES string of the molecule is CC(C)(O)C1CCCN(Cc2ccc(-n3cccc3)cc2)C1. The minimum atomic E-state index is -0.572. The number of hydrogen-bond donors (Lipinski definition) is 1. The standard InChI is InChI=1S/C19H26N2O/c1-19(2,22)17-6-5-11-20(15-17)14-16-7-9-18(10-8-16)21-12-3-4-13-21/h3-4,7-10,12-13,17,22H,5-6,11,14-15H2,1-2H3. The predicted molar refractivity (Wildman–Crippen MR) is 90.1 cm³/mol. The Bertz CT molecular complexity index is 581. The minimum absolute atomic E-state index is 0.375. The van der Waals surface area contributed by atoms with Crippen molar-refractivity contribution in [2.45, 2.75) is 38.8 Å². The topological polar surface area (TPSA) is 28.4 Å². The summed E-state index contributed by atoms with van der Waals surface area (Å²) in [5.41, 5.74) is 1.96. The molecule has 118 valence electrons. The van der Waals surface area contributed by atoms with Crippen molar-refractivity contribution in [1.29, 1.82) is 0 Å². The second-order valence-electron chi connectivity index (χ2n) is 6.98. The molecule has 0 saturated carbocycles. The van der Waals surface area contributed by atoms with Crippen molar-refractivity contribution in [3.63, 3.8) is 0 Å². The molecule has 0 bridgehead atoms. The van der Waals surface area contributed by atoms with Gasteiger partial charge in [0, 0.05) is 31.2 Å². The zero-order valence-corrected chi connectivity index (χ0v) is 13.6. The number of hydrogen-bond acceptors (Lipinski definition) is 2. The van der Waals surface area contributed by atoms with Crippen LogP contribution in [0.5, 0.6) is 0 Å². The number of aliphatic hydroxyl groups is 1. The van der Waals surface area contributed by atoms with E-state index >= 15 is 0 Å². The van der Waals surface area contributed by atoms with E-state index < -0.39 is 5.60 Å². The average Bonchev–Trinajstić information content (AvgIpc) is 3.02. The third-order valence-corrected chi connectivity index (χ3v) is 4.75. The van der Waals surface area contributed by atoms with Crippen molar-refractivity contribution in [2.24, 2.45) is 5.92 Å². The number of benzene rings is 1. The van der Waals surface area contributed by atoms with Gasteiger partial charge in [-0.2, -0.15) is 0 Å². The highest BCUT2D eigenvalue weighted by Crippen LogP contribution is 2.27. The Labute approximate surface area is 133 Å². The second-order valence-corrected chi connectivity index (χ2v) is 6.98. The van der Waals surface area contributed by atoms with Gasteiger partial charge in [0.15, 0.2) is 0 Å². The van der Waals surface area contributed by atoms with Crippen LogP contribution in [0.1, 0.15) is 32.3 Å². The summed E-state index contributed by atoms with van der Waals surface area (Å²) in [4.78, 5) is 2.47. The lowest BCUT2D eigenvalue weighted by Gasteiger charge is -2.38. The fourth-order valence-corrected chi connectivity index (χ4v) is 3.31. The minimum Gasteiger partial charge on any atom is -0.390 e. The first-order chi connectivity index (χ1) is 10.5. The lowest BCUT2D eigenvalue weighted by Crippen LogP contribution is -2.44. The number of rotatable bonds is 4.